The number of methoxy groups -OCH3 is 2. The molecule has 0 saturated carbocycles. The lowest BCUT2D eigenvalue weighted by Gasteiger charge is -2.16. The minimum Gasteiger partial charge on any atom is -0.497 e. The van der Waals surface area contributed by atoms with Gasteiger partial charge in [-0.05, 0) is 30.7 Å². The summed E-state index contributed by atoms with van der Waals surface area (Å²) in [5.41, 5.74) is 2.39. The number of hydrogen-bond acceptors (Lipinski definition) is 4. The van der Waals surface area contributed by atoms with E-state index >= 15 is 0 Å². The van der Waals surface area contributed by atoms with Gasteiger partial charge in [0.15, 0.2) is 0 Å². The molecule has 1 N–H and O–H groups in total. The topological polar surface area (TPSA) is 51.6 Å². The number of benzene rings is 1. The molecule has 1 heterocycles. The molecule has 0 spiro atoms. The van der Waals surface area contributed by atoms with Crippen LogP contribution in [-0.4, -0.2) is 24.3 Å². The van der Waals surface area contributed by atoms with Crippen molar-refractivity contribution >= 4 is 0 Å². The van der Waals surface area contributed by atoms with Crippen molar-refractivity contribution in [2.24, 2.45) is 0 Å². The fraction of sp³-hybridized carbons (Fsp3) is 0.267. The van der Waals surface area contributed by atoms with Crippen LogP contribution >= 0.6 is 0 Å². The number of ether oxygens (including phenoxy) is 2. The van der Waals surface area contributed by atoms with Gasteiger partial charge in [-0.15, -0.1) is 0 Å². The number of pyridine rings is 1. The third-order valence-electron chi connectivity index (χ3n) is 2.94. The molecule has 100 valence electrons. The van der Waals surface area contributed by atoms with E-state index in [1.807, 2.05) is 13.0 Å². The molecule has 1 aromatic carbocycles. The van der Waals surface area contributed by atoms with Crippen LogP contribution in [0.25, 0.3) is 0 Å². The maximum Gasteiger partial charge on any atom is 0.125 e. The largest absolute Gasteiger partial charge is 0.497 e. The van der Waals surface area contributed by atoms with Gasteiger partial charge in [0.05, 0.1) is 14.2 Å². The summed E-state index contributed by atoms with van der Waals surface area (Å²) in [6.07, 6.45) is 2.60. The number of aliphatic hydroxyl groups excluding tert-OH is 1. The predicted molar refractivity (Wildman–Crippen MR) is 72.6 cm³/mol. The molecule has 4 heteroatoms. The second-order valence-electron chi connectivity index (χ2n) is 4.31. The molecular weight excluding hydrogens is 242 g/mol. The Bertz CT molecular complexity index is 569. The van der Waals surface area contributed by atoms with Crippen molar-refractivity contribution in [1.82, 2.24) is 4.98 Å². The van der Waals surface area contributed by atoms with Crippen molar-refractivity contribution in [3.05, 3.63) is 53.3 Å². The maximum absolute atomic E-state index is 10.5. The summed E-state index contributed by atoms with van der Waals surface area (Å²) in [7, 11) is 3.17. The third kappa shape index (κ3) is 2.85. The van der Waals surface area contributed by atoms with E-state index in [1.165, 1.54) is 0 Å². The van der Waals surface area contributed by atoms with E-state index in [0.29, 0.717) is 17.1 Å². The summed E-state index contributed by atoms with van der Waals surface area (Å²) < 4.78 is 10.5. The van der Waals surface area contributed by atoms with E-state index in [0.717, 1.165) is 11.1 Å². The van der Waals surface area contributed by atoms with E-state index in [4.69, 9.17) is 9.47 Å². The van der Waals surface area contributed by atoms with Gasteiger partial charge in [-0.25, -0.2) is 0 Å². The van der Waals surface area contributed by atoms with Crippen molar-refractivity contribution in [2.45, 2.75) is 13.0 Å². The van der Waals surface area contributed by atoms with Crippen LogP contribution in [0, 0.1) is 6.92 Å². The van der Waals surface area contributed by atoms with Gasteiger partial charge in [0.1, 0.15) is 17.6 Å². The summed E-state index contributed by atoms with van der Waals surface area (Å²) in [5, 5.41) is 10.5. The summed E-state index contributed by atoms with van der Waals surface area (Å²) in [5.74, 6) is 1.30. The van der Waals surface area contributed by atoms with Crippen LogP contribution in [-0.2, 0) is 0 Å². The highest BCUT2D eigenvalue weighted by molar-refractivity contribution is 5.45. The molecule has 2 rings (SSSR count). The summed E-state index contributed by atoms with van der Waals surface area (Å²) >= 11 is 0. The summed E-state index contributed by atoms with van der Waals surface area (Å²) in [4.78, 5) is 4.10. The minimum atomic E-state index is -0.794. The van der Waals surface area contributed by atoms with Crippen LogP contribution < -0.4 is 9.47 Å². The van der Waals surface area contributed by atoms with E-state index in [2.05, 4.69) is 4.98 Å². The number of nitrogens with zero attached hydrogens (tertiary/aromatic N) is 1. The van der Waals surface area contributed by atoms with Gasteiger partial charge in [0.25, 0.3) is 0 Å². The van der Waals surface area contributed by atoms with Crippen LogP contribution in [0.5, 0.6) is 11.5 Å². The fourth-order valence-corrected chi connectivity index (χ4v) is 1.96. The zero-order valence-electron chi connectivity index (χ0n) is 11.3. The Kier molecular flexibility index (Phi) is 4.02. The predicted octanol–water partition coefficient (Wildman–Crippen LogP) is 2.49. The first kappa shape index (κ1) is 13.4. The van der Waals surface area contributed by atoms with Crippen molar-refractivity contribution in [3.8, 4) is 11.5 Å². The lowest BCUT2D eigenvalue weighted by molar-refractivity contribution is 0.213. The highest BCUT2D eigenvalue weighted by Gasteiger charge is 2.17. The first-order valence-electron chi connectivity index (χ1n) is 5.97. The zero-order chi connectivity index (χ0) is 13.8. The van der Waals surface area contributed by atoms with Crippen LogP contribution in [0.3, 0.4) is 0 Å². The van der Waals surface area contributed by atoms with E-state index < -0.39 is 6.10 Å². The van der Waals surface area contributed by atoms with Gasteiger partial charge in [-0.2, -0.15) is 0 Å². The maximum atomic E-state index is 10.5. The Labute approximate surface area is 112 Å². The molecule has 19 heavy (non-hydrogen) atoms. The van der Waals surface area contributed by atoms with Gasteiger partial charge < -0.3 is 14.6 Å². The first-order valence-corrected chi connectivity index (χ1v) is 5.97. The smallest absolute Gasteiger partial charge is 0.125 e. The molecule has 2 aromatic rings. The second kappa shape index (κ2) is 5.71. The van der Waals surface area contributed by atoms with Gasteiger partial charge in [0.2, 0.25) is 0 Å². The molecule has 0 aliphatic heterocycles. The molecule has 0 aliphatic carbocycles. The molecule has 0 bridgehead atoms. The Morgan fingerprint density at radius 2 is 1.89 bits per heavy atom. The lowest BCUT2D eigenvalue weighted by atomic mass is 10.0. The highest BCUT2D eigenvalue weighted by Crippen LogP contribution is 2.32. The van der Waals surface area contributed by atoms with Crippen LogP contribution in [0.4, 0.5) is 0 Å². The summed E-state index contributed by atoms with van der Waals surface area (Å²) in [6.45, 7) is 1.94. The molecule has 1 aromatic heterocycles. The van der Waals surface area contributed by atoms with Crippen LogP contribution in [0.1, 0.15) is 22.8 Å². The van der Waals surface area contributed by atoms with E-state index in [1.54, 1.807) is 44.8 Å². The van der Waals surface area contributed by atoms with Crippen LogP contribution in [0.15, 0.2) is 36.7 Å². The first-order chi connectivity index (χ1) is 9.15. The van der Waals surface area contributed by atoms with E-state index in [-0.39, 0.29) is 0 Å². The Balaban J connectivity index is 2.44. The summed E-state index contributed by atoms with van der Waals surface area (Å²) in [6, 6.07) is 7.24. The zero-order valence-corrected chi connectivity index (χ0v) is 11.3. The normalized spacial score (nSPS) is 12.0. The quantitative estimate of drug-likeness (QED) is 0.916. The molecule has 0 radical (unpaired) electrons. The number of aromatic nitrogens is 1. The Hall–Kier alpha value is -2.07. The van der Waals surface area contributed by atoms with Crippen LogP contribution in [0.2, 0.25) is 0 Å². The van der Waals surface area contributed by atoms with Gasteiger partial charge in [0, 0.05) is 23.5 Å². The number of rotatable bonds is 4. The van der Waals surface area contributed by atoms with Gasteiger partial charge in [-0.3, -0.25) is 4.98 Å². The number of aryl methyl sites for hydroxylation is 1. The van der Waals surface area contributed by atoms with Gasteiger partial charge >= 0.3 is 0 Å². The van der Waals surface area contributed by atoms with Gasteiger partial charge in [-0.1, -0.05) is 6.07 Å². The standard InChI is InChI=1S/C15H17NO3/c1-10-6-11(9-16-8-10)15(17)13-7-12(18-2)4-5-14(13)19-3/h4-9,15,17H,1-3H3. The lowest BCUT2D eigenvalue weighted by Crippen LogP contribution is -2.04. The average Bonchev–Trinajstić information content (AvgIpc) is 2.45. The Morgan fingerprint density at radius 1 is 1.11 bits per heavy atom. The van der Waals surface area contributed by atoms with Crippen molar-refractivity contribution in [1.29, 1.82) is 0 Å². The molecule has 0 amide bonds. The molecule has 1 unspecified atom stereocenters. The minimum absolute atomic E-state index is 0.620. The fourth-order valence-electron chi connectivity index (χ4n) is 1.96. The molecular formula is C15H17NO3. The molecule has 1 atom stereocenters. The molecule has 4 nitrogen and oxygen atoms in total. The van der Waals surface area contributed by atoms with Crippen molar-refractivity contribution in [3.63, 3.8) is 0 Å². The second-order valence-corrected chi connectivity index (χ2v) is 4.31. The monoisotopic (exact) mass is 259 g/mol. The number of hydrogen-bond donors (Lipinski definition) is 1. The van der Waals surface area contributed by atoms with Crippen molar-refractivity contribution in [2.75, 3.05) is 14.2 Å². The SMILES string of the molecule is COc1ccc(OC)c(C(O)c2cncc(C)c2)c1. The number of aliphatic hydroxyl groups is 1. The Morgan fingerprint density at radius 3 is 2.53 bits per heavy atom. The highest BCUT2D eigenvalue weighted by atomic mass is 16.5. The van der Waals surface area contributed by atoms with E-state index in [9.17, 15) is 5.11 Å². The molecule has 0 aliphatic rings. The third-order valence-corrected chi connectivity index (χ3v) is 2.94. The van der Waals surface area contributed by atoms with Crippen molar-refractivity contribution < 1.29 is 14.6 Å². The average molecular weight is 259 g/mol. The molecule has 0 fully saturated rings. The molecule has 0 saturated heterocycles.